The highest BCUT2D eigenvalue weighted by molar-refractivity contribution is 5.76. The summed E-state index contributed by atoms with van der Waals surface area (Å²) < 4.78 is 58.5. The van der Waals surface area contributed by atoms with E-state index in [4.69, 9.17) is 47.4 Å². The number of hydrogen-bond acceptors (Lipinski definition) is 28. The zero-order valence-corrected chi connectivity index (χ0v) is 59.3. The molecule has 5 aliphatic rings. The number of hydrogen-bond donors (Lipinski definition) is 18. The largest absolute Gasteiger partial charge is 0.394 e. The molecule has 0 saturated carbocycles. The minimum Gasteiger partial charge on any atom is -0.394 e. The highest BCUT2D eigenvalue weighted by Gasteiger charge is 2.57. The summed E-state index contributed by atoms with van der Waals surface area (Å²) in [7, 11) is 0. The molecule has 27 atom stereocenters. The van der Waals surface area contributed by atoms with Crippen molar-refractivity contribution in [2.75, 3.05) is 39.6 Å². The van der Waals surface area contributed by atoms with Crippen molar-refractivity contribution in [2.45, 2.75) is 379 Å². The second-order valence-electron chi connectivity index (χ2n) is 27.8. The maximum Gasteiger partial charge on any atom is 0.220 e. The number of amides is 2. The van der Waals surface area contributed by atoms with Crippen LogP contribution < -0.4 is 10.6 Å². The smallest absolute Gasteiger partial charge is 0.220 e. The number of aliphatic hydroxyl groups excluding tert-OH is 16. The lowest BCUT2D eigenvalue weighted by Gasteiger charge is -2.50. The van der Waals surface area contributed by atoms with Gasteiger partial charge in [0, 0.05) is 13.3 Å². The van der Waals surface area contributed by atoms with Gasteiger partial charge in [0.15, 0.2) is 31.5 Å². The van der Waals surface area contributed by atoms with E-state index in [0.717, 1.165) is 58.3 Å². The molecule has 2 amide bonds. The summed E-state index contributed by atoms with van der Waals surface area (Å²) >= 11 is 0. The highest BCUT2D eigenvalue weighted by atomic mass is 16.8. The third-order valence-corrected chi connectivity index (χ3v) is 19.7. The maximum absolute atomic E-state index is 13.5. The standard InChI is InChI=1S/C70H128N2O28/c1-4-6-8-10-12-14-16-18-19-20-21-23-25-27-29-31-33-35-50(80)72-43(44(79)34-32-30-28-26-24-22-17-15-13-11-9-7-5-2)41-91-67-59(88)57(86)62(49(40-77)96-67)97-69-60(89)64(54(83)47(38-75)94-69)99-66-51(71-42(3)78)63(53(82)46(37-74)92-66)98-70-61(90)65(55(84)48(39-76)95-70)100-68-58(87)56(85)52(81)45(36-73)93-68/h32,34,43-49,51-70,73-77,79,81-90H,4-31,33,35-41H2,1-3H3,(H,71,78)(H,72,80)/b34-32+/t43-,44+,45?,46?,47?,48?,49?,51?,52-,53+,54-,55-,56-,57+,58?,59?,60?,61?,62+,63+,64-,65-,66-,67+,68+,69-,70-/m0/s1. The Kier molecular flexibility index (Phi) is 43.0. The second-order valence-corrected chi connectivity index (χ2v) is 27.8. The van der Waals surface area contributed by atoms with E-state index in [1.165, 1.54) is 122 Å². The van der Waals surface area contributed by atoms with E-state index >= 15 is 0 Å². The van der Waals surface area contributed by atoms with Gasteiger partial charge in [0.1, 0.15) is 122 Å². The van der Waals surface area contributed by atoms with Gasteiger partial charge < -0.3 is 140 Å². The lowest BCUT2D eigenvalue weighted by atomic mass is 9.94. The average molecular weight is 1450 g/mol. The van der Waals surface area contributed by atoms with Gasteiger partial charge in [0.05, 0.1) is 51.8 Å². The third kappa shape index (κ3) is 28.1. The van der Waals surface area contributed by atoms with Crippen molar-refractivity contribution in [1.82, 2.24) is 10.6 Å². The Hall–Kier alpha value is -2.36. The number of nitrogens with one attached hydrogen (secondary N) is 2. The van der Waals surface area contributed by atoms with Crippen LogP contribution in [0.4, 0.5) is 0 Å². The van der Waals surface area contributed by atoms with E-state index < -0.39 is 211 Å². The van der Waals surface area contributed by atoms with Gasteiger partial charge in [-0.25, -0.2) is 0 Å². The molecule has 5 rings (SSSR count). The fourth-order valence-electron chi connectivity index (χ4n) is 13.6. The van der Waals surface area contributed by atoms with Gasteiger partial charge in [0.25, 0.3) is 0 Å². The topological polar surface area (TPSA) is 474 Å². The van der Waals surface area contributed by atoms with Crippen molar-refractivity contribution in [1.29, 1.82) is 0 Å². The summed E-state index contributed by atoms with van der Waals surface area (Å²) in [6.07, 6.45) is -9.16. The molecule has 0 aromatic rings. The molecule has 0 bridgehead atoms. The van der Waals surface area contributed by atoms with Crippen LogP contribution in [0.15, 0.2) is 12.2 Å². The van der Waals surface area contributed by atoms with E-state index in [1.807, 2.05) is 6.08 Å². The van der Waals surface area contributed by atoms with Crippen LogP contribution in [0.5, 0.6) is 0 Å². The minimum atomic E-state index is -2.18. The Bertz CT molecular complexity index is 2180. The Morgan fingerprint density at radius 2 is 0.740 bits per heavy atom. The van der Waals surface area contributed by atoms with E-state index in [1.54, 1.807) is 6.08 Å². The summed E-state index contributed by atoms with van der Waals surface area (Å²) in [4.78, 5) is 26.4. The van der Waals surface area contributed by atoms with Gasteiger partial charge in [-0.05, 0) is 19.3 Å². The summed E-state index contributed by atoms with van der Waals surface area (Å²) in [5.41, 5.74) is 0. The molecule has 5 fully saturated rings. The SMILES string of the molecule is CCCCCCCCCCCCC/C=C/[C@@H](O)[C@H](CO[C@@H]1OC(CO)[C@@H](O[C@@H]2OC(CO)[C@H](O)[C@H](O[C@@H]3OC(CO)[C@@H](O)[C@H](O[C@@H]4OC(CO)[C@H](O)[C@H](O[C@H]5OC(CO)[C@H](O)[C@H](O)C5O)C4O)C3NC(C)=O)C2O)[C@H](O)C1O)NC(=O)CCCCCCCCCCCCCCCCCCC. The fourth-order valence-corrected chi connectivity index (χ4v) is 13.6. The number of ether oxygens (including phenoxy) is 10. The van der Waals surface area contributed by atoms with Crippen molar-refractivity contribution < 1.29 is 139 Å². The van der Waals surface area contributed by atoms with E-state index in [9.17, 15) is 91.3 Å². The number of carbonyl (C=O) groups is 2. The molecule has 5 aliphatic heterocycles. The Morgan fingerprint density at radius 3 is 1.18 bits per heavy atom. The molecule has 0 aromatic carbocycles. The summed E-state index contributed by atoms with van der Waals surface area (Å²) in [6, 6.07) is -2.83. The highest BCUT2D eigenvalue weighted by Crippen LogP contribution is 2.37. The Morgan fingerprint density at radius 1 is 0.390 bits per heavy atom. The van der Waals surface area contributed by atoms with Gasteiger partial charge >= 0.3 is 0 Å². The Labute approximate surface area is 589 Å². The molecule has 18 N–H and O–H groups in total. The Balaban J connectivity index is 1.22. The molecular formula is C70H128N2O28. The van der Waals surface area contributed by atoms with Crippen molar-refractivity contribution in [3.63, 3.8) is 0 Å². The molecule has 0 radical (unpaired) electrons. The number of unbranched alkanes of at least 4 members (excludes halogenated alkanes) is 27. The average Bonchev–Trinajstić information content (AvgIpc) is 0.772. The van der Waals surface area contributed by atoms with Crippen LogP contribution >= 0.6 is 0 Å². The van der Waals surface area contributed by atoms with Crippen LogP contribution in [0, 0.1) is 0 Å². The van der Waals surface area contributed by atoms with Crippen molar-refractivity contribution in [3.8, 4) is 0 Å². The quantitative estimate of drug-likeness (QED) is 0.0289. The fraction of sp³-hybridized carbons (Fsp3) is 0.943. The third-order valence-electron chi connectivity index (χ3n) is 19.7. The van der Waals surface area contributed by atoms with Crippen LogP contribution in [0.3, 0.4) is 0 Å². The first-order valence-electron chi connectivity index (χ1n) is 37.5. The predicted molar refractivity (Wildman–Crippen MR) is 359 cm³/mol. The molecule has 30 heteroatoms. The van der Waals surface area contributed by atoms with Crippen molar-refractivity contribution in [3.05, 3.63) is 12.2 Å². The van der Waals surface area contributed by atoms with Crippen LogP contribution in [-0.4, -0.2) is 299 Å². The second kappa shape index (κ2) is 48.8. The number of allylic oxidation sites excluding steroid dienone is 1. The van der Waals surface area contributed by atoms with Crippen LogP contribution in [-0.2, 0) is 57.0 Å². The maximum atomic E-state index is 13.5. The van der Waals surface area contributed by atoms with Gasteiger partial charge in [-0.15, -0.1) is 0 Å². The number of carbonyl (C=O) groups excluding carboxylic acids is 2. The van der Waals surface area contributed by atoms with Crippen molar-refractivity contribution in [2.24, 2.45) is 0 Å². The number of rotatable bonds is 50. The molecule has 5 saturated heterocycles. The van der Waals surface area contributed by atoms with E-state index in [0.29, 0.717) is 12.8 Å². The molecule has 0 aromatic heterocycles. The zero-order valence-electron chi connectivity index (χ0n) is 59.3. The molecule has 0 spiro atoms. The van der Waals surface area contributed by atoms with Gasteiger partial charge in [-0.3, -0.25) is 9.59 Å². The van der Waals surface area contributed by atoms with E-state index in [2.05, 4.69) is 24.5 Å². The van der Waals surface area contributed by atoms with Gasteiger partial charge in [-0.1, -0.05) is 193 Å². The first kappa shape index (κ1) is 88.3. The van der Waals surface area contributed by atoms with Crippen LogP contribution in [0.25, 0.3) is 0 Å². The molecule has 30 nitrogen and oxygen atoms in total. The van der Waals surface area contributed by atoms with Crippen LogP contribution in [0.2, 0.25) is 0 Å². The lowest BCUT2D eigenvalue weighted by Crippen LogP contribution is -2.70. The number of aliphatic hydroxyl groups is 16. The predicted octanol–water partition coefficient (Wildman–Crippen LogP) is 0.388. The van der Waals surface area contributed by atoms with E-state index in [-0.39, 0.29) is 12.3 Å². The normalized spacial score (nSPS) is 35.6. The molecule has 10 unspecified atom stereocenters. The molecular weight excluding hydrogens is 1320 g/mol. The van der Waals surface area contributed by atoms with Crippen molar-refractivity contribution >= 4 is 11.8 Å². The summed E-state index contributed by atoms with van der Waals surface area (Å²) in [5.74, 6) is -1.17. The minimum absolute atomic E-state index is 0.189. The molecule has 100 heavy (non-hydrogen) atoms. The molecule has 0 aliphatic carbocycles. The zero-order chi connectivity index (χ0) is 73.1. The molecule has 5 heterocycles. The summed E-state index contributed by atoms with van der Waals surface area (Å²) in [5, 5.41) is 181. The monoisotopic (exact) mass is 1440 g/mol. The van der Waals surface area contributed by atoms with Gasteiger partial charge in [0.2, 0.25) is 11.8 Å². The lowest BCUT2D eigenvalue weighted by molar-refractivity contribution is -0.386. The van der Waals surface area contributed by atoms with Gasteiger partial charge in [-0.2, -0.15) is 0 Å². The molecule has 586 valence electrons. The summed E-state index contributed by atoms with van der Waals surface area (Å²) in [6.45, 7) is 0.293. The first-order valence-corrected chi connectivity index (χ1v) is 37.5. The van der Waals surface area contributed by atoms with Crippen LogP contribution in [0.1, 0.15) is 213 Å². The first-order chi connectivity index (χ1) is 48.2.